The topological polar surface area (TPSA) is 29.0 Å². The summed E-state index contributed by atoms with van der Waals surface area (Å²) < 4.78 is 0.911. The van der Waals surface area contributed by atoms with Crippen LogP contribution in [0.4, 0.5) is 5.95 Å². The number of nitrogens with zero attached hydrogens (tertiary/aromatic N) is 3. The fourth-order valence-electron chi connectivity index (χ4n) is 2.05. The Bertz CT molecular complexity index is 331. The molecule has 0 bridgehead atoms. The second-order valence-corrected chi connectivity index (χ2v) is 5.28. The lowest BCUT2D eigenvalue weighted by molar-refractivity contribution is 0.609. The zero-order valence-electron chi connectivity index (χ0n) is 9.07. The van der Waals surface area contributed by atoms with Crippen molar-refractivity contribution >= 4 is 33.5 Å². The molecule has 1 unspecified atom stereocenters. The van der Waals surface area contributed by atoms with E-state index in [2.05, 4.69) is 30.8 Å². The van der Waals surface area contributed by atoms with Crippen LogP contribution in [0, 0.1) is 0 Å². The molecule has 1 aliphatic heterocycles. The van der Waals surface area contributed by atoms with Crippen LogP contribution in [0.3, 0.4) is 0 Å². The molecule has 2 rings (SSSR count). The highest BCUT2D eigenvalue weighted by molar-refractivity contribution is 9.10. The zero-order chi connectivity index (χ0) is 11.4. The van der Waals surface area contributed by atoms with Crippen molar-refractivity contribution in [2.45, 2.75) is 31.7 Å². The molecule has 2 heterocycles. The van der Waals surface area contributed by atoms with Crippen LogP contribution < -0.4 is 4.90 Å². The first-order chi connectivity index (χ1) is 7.81. The van der Waals surface area contributed by atoms with E-state index >= 15 is 0 Å². The van der Waals surface area contributed by atoms with Crippen molar-refractivity contribution in [2.24, 2.45) is 0 Å². The van der Waals surface area contributed by atoms with Crippen LogP contribution in [0.1, 0.15) is 25.7 Å². The monoisotopic (exact) mass is 303 g/mol. The highest BCUT2D eigenvalue weighted by Crippen LogP contribution is 2.22. The largest absolute Gasteiger partial charge is 0.337 e. The minimum absolute atomic E-state index is 0.380. The van der Waals surface area contributed by atoms with Gasteiger partial charge in [-0.3, -0.25) is 0 Å². The summed E-state index contributed by atoms with van der Waals surface area (Å²) in [7, 11) is 0. The van der Waals surface area contributed by atoms with Crippen molar-refractivity contribution < 1.29 is 0 Å². The highest BCUT2D eigenvalue weighted by Gasteiger charge is 2.22. The maximum absolute atomic E-state index is 6.02. The summed E-state index contributed by atoms with van der Waals surface area (Å²) in [6.45, 7) is 1.01. The van der Waals surface area contributed by atoms with Gasteiger partial charge in [0.15, 0.2) is 0 Å². The van der Waals surface area contributed by atoms with Crippen LogP contribution in [0.25, 0.3) is 0 Å². The summed E-state index contributed by atoms with van der Waals surface area (Å²) in [6.07, 6.45) is 8.46. The van der Waals surface area contributed by atoms with E-state index in [1.165, 1.54) is 19.3 Å². The molecule has 0 amide bonds. The van der Waals surface area contributed by atoms with Gasteiger partial charge in [0.25, 0.3) is 0 Å². The minimum atomic E-state index is 0.380. The van der Waals surface area contributed by atoms with Crippen LogP contribution in [-0.4, -0.2) is 28.4 Å². The Balaban J connectivity index is 2.18. The standard InChI is InChI=1S/C11H15BrClN3/c12-9-7-14-11(15-8-9)16-5-3-1-2-4-10(16)6-13/h7-8,10H,1-6H2. The molecule has 16 heavy (non-hydrogen) atoms. The molecule has 1 fully saturated rings. The van der Waals surface area contributed by atoms with Crippen LogP contribution in [-0.2, 0) is 0 Å². The molecule has 1 aliphatic rings. The summed E-state index contributed by atoms with van der Waals surface area (Å²) >= 11 is 9.37. The van der Waals surface area contributed by atoms with E-state index in [0.717, 1.165) is 23.4 Å². The Hall–Kier alpha value is -0.350. The SMILES string of the molecule is ClCC1CCCCCN1c1ncc(Br)cn1. The van der Waals surface area contributed by atoms with E-state index in [0.29, 0.717) is 11.9 Å². The van der Waals surface area contributed by atoms with Crippen LogP contribution in [0.5, 0.6) is 0 Å². The van der Waals surface area contributed by atoms with Gasteiger partial charge in [-0.1, -0.05) is 12.8 Å². The second kappa shape index (κ2) is 5.82. The predicted molar refractivity (Wildman–Crippen MR) is 70.1 cm³/mol. The molecule has 5 heteroatoms. The maximum Gasteiger partial charge on any atom is 0.225 e. The average molecular weight is 305 g/mol. The Morgan fingerprint density at radius 1 is 1.31 bits per heavy atom. The van der Waals surface area contributed by atoms with Gasteiger partial charge in [0, 0.05) is 30.9 Å². The number of rotatable bonds is 2. The van der Waals surface area contributed by atoms with E-state index < -0.39 is 0 Å². The molecule has 0 radical (unpaired) electrons. The van der Waals surface area contributed by atoms with Gasteiger partial charge in [-0.15, -0.1) is 11.6 Å². The zero-order valence-corrected chi connectivity index (χ0v) is 11.4. The summed E-state index contributed by atoms with van der Waals surface area (Å²) in [5.41, 5.74) is 0. The third-order valence-corrected chi connectivity index (χ3v) is 3.68. The maximum atomic E-state index is 6.02. The van der Waals surface area contributed by atoms with Crippen molar-refractivity contribution in [1.82, 2.24) is 9.97 Å². The lowest BCUT2D eigenvalue weighted by atomic mass is 10.1. The predicted octanol–water partition coefficient (Wildman–Crippen LogP) is 3.23. The molecule has 1 aromatic rings. The van der Waals surface area contributed by atoms with E-state index in [4.69, 9.17) is 11.6 Å². The fourth-order valence-corrected chi connectivity index (χ4v) is 2.58. The molecule has 1 saturated heterocycles. The summed E-state index contributed by atoms with van der Waals surface area (Å²) in [6, 6.07) is 0.380. The number of halogens is 2. The van der Waals surface area contributed by atoms with Crippen molar-refractivity contribution in [3.63, 3.8) is 0 Å². The van der Waals surface area contributed by atoms with E-state index in [-0.39, 0.29) is 0 Å². The van der Waals surface area contributed by atoms with Crippen molar-refractivity contribution in [2.75, 3.05) is 17.3 Å². The van der Waals surface area contributed by atoms with Crippen LogP contribution in [0.15, 0.2) is 16.9 Å². The van der Waals surface area contributed by atoms with Gasteiger partial charge >= 0.3 is 0 Å². The number of aromatic nitrogens is 2. The normalized spacial score (nSPS) is 21.9. The van der Waals surface area contributed by atoms with Gasteiger partial charge < -0.3 is 4.90 Å². The Kier molecular flexibility index (Phi) is 4.41. The Morgan fingerprint density at radius 3 is 2.75 bits per heavy atom. The van der Waals surface area contributed by atoms with E-state index in [9.17, 15) is 0 Å². The lowest BCUT2D eigenvalue weighted by Gasteiger charge is -2.28. The third kappa shape index (κ3) is 2.86. The number of anilines is 1. The first kappa shape index (κ1) is 12.1. The molecule has 88 valence electrons. The van der Waals surface area contributed by atoms with Crippen molar-refractivity contribution in [1.29, 1.82) is 0 Å². The molecule has 3 nitrogen and oxygen atoms in total. The summed E-state index contributed by atoms with van der Waals surface area (Å²) in [5.74, 6) is 1.45. The molecule has 0 aliphatic carbocycles. The molecular weight excluding hydrogens is 289 g/mol. The van der Waals surface area contributed by atoms with Gasteiger partial charge in [0.2, 0.25) is 5.95 Å². The highest BCUT2D eigenvalue weighted by atomic mass is 79.9. The van der Waals surface area contributed by atoms with Crippen LogP contribution in [0.2, 0.25) is 0 Å². The molecule has 0 aromatic carbocycles. The summed E-state index contributed by atoms with van der Waals surface area (Å²) in [4.78, 5) is 10.9. The first-order valence-electron chi connectivity index (χ1n) is 5.61. The molecule has 0 spiro atoms. The minimum Gasteiger partial charge on any atom is -0.337 e. The van der Waals surface area contributed by atoms with Crippen molar-refractivity contribution in [3.05, 3.63) is 16.9 Å². The van der Waals surface area contributed by atoms with Crippen LogP contribution >= 0.6 is 27.5 Å². The third-order valence-electron chi connectivity index (χ3n) is 2.92. The molecule has 1 atom stereocenters. The van der Waals surface area contributed by atoms with Crippen molar-refractivity contribution in [3.8, 4) is 0 Å². The smallest absolute Gasteiger partial charge is 0.225 e. The number of hydrogen-bond donors (Lipinski definition) is 0. The van der Waals surface area contributed by atoms with E-state index in [1.54, 1.807) is 12.4 Å². The molecular formula is C11H15BrClN3. The molecule has 0 saturated carbocycles. The number of alkyl halides is 1. The quantitative estimate of drug-likeness (QED) is 0.786. The lowest BCUT2D eigenvalue weighted by Crippen LogP contribution is -2.37. The first-order valence-corrected chi connectivity index (χ1v) is 6.94. The van der Waals surface area contributed by atoms with Gasteiger partial charge in [-0.05, 0) is 28.8 Å². The van der Waals surface area contributed by atoms with Gasteiger partial charge in [-0.25, -0.2) is 9.97 Å². The van der Waals surface area contributed by atoms with Gasteiger partial charge in [0.1, 0.15) is 0 Å². The Labute approximate surface area is 109 Å². The average Bonchev–Trinajstić information content (AvgIpc) is 2.55. The fraction of sp³-hybridized carbons (Fsp3) is 0.636. The molecule has 0 N–H and O–H groups in total. The Morgan fingerprint density at radius 2 is 2.06 bits per heavy atom. The van der Waals surface area contributed by atoms with E-state index in [1.807, 2.05) is 0 Å². The van der Waals surface area contributed by atoms with Gasteiger partial charge in [-0.2, -0.15) is 0 Å². The summed E-state index contributed by atoms with van der Waals surface area (Å²) in [5, 5.41) is 0. The van der Waals surface area contributed by atoms with Gasteiger partial charge in [0.05, 0.1) is 4.47 Å². The second-order valence-electron chi connectivity index (χ2n) is 4.05. The number of hydrogen-bond acceptors (Lipinski definition) is 3. The molecule has 1 aromatic heterocycles.